The molecule has 0 aromatic heterocycles. The second-order valence-electron chi connectivity index (χ2n) is 3.49. The van der Waals surface area contributed by atoms with Gasteiger partial charge in [0.1, 0.15) is 0 Å². The van der Waals surface area contributed by atoms with E-state index < -0.39 is 0 Å². The molecule has 0 spiro atoms. The Kier molecular flexibility index (Phi) is 3.69. The number of aliphatic hydroxyl groups excluding tert-OH is 1. The molecular weight excluding hydrogens is 168 g/mol. The maximum absolute atomic E-state index is 11.5. The molecule has 0 radical (unpaired) electrons. The number of rotatable bonds is 3. The standard InChI is InChI=1S/C9H18N2O2/c1-3-11-8(2)6-10(4-5-12)7-9(11)13/h8,12H,3-7H2,1-2H3. The first-order valence-corrected chi connectivity index (χ1v) is 4.81. The van der Waals surface area contributed by atoms with Crippen LogP contribution in [0.5, 0.6) is 0 Å². The molecule has 76 valence electrons. The van der Waals surface area contributed by atoms with Gasteiger partial charge in [-0.05, 0) is 13.8 Å². The van der Waals surface area contributed by atoms with E-state index in [2.05, 4.69) is 0 Å². The zero-order chi connectivity index (χ0) is 9.84. The fourth-order valence-corrected chi connectivity index (χ4v) is 1.86. The van der Waals surface area contributed by atoms with Crippen LogP contribution in [0.1, 0.15) is 13.8 Å². The van der Waals surface area contributed by atoms with E-state index in [-0.39, 0.29) is 18.6 Å². The van der Waals surface area contributed by atoms with Gasteiger partial charge in [-0.2, -0.15) is 0 Å². The molecule has 4 heteroatoms. The Labute approximate surface area is 79.1 Å². The molecule has 1 fully saturated rings. The van der Waals surface area contributed by atoms with Crippen LogP contribution in [0.2, 0.25) is 0 Å². The summed E-state index contributed by atoms with van der Waals surface area (Å²) in [5, 5.41) is 8.75. The summed E-state index contributed by atoms with van der Waals surface area (Å²) >= 11 is 0. The molecule has 0 aromatic carbocycles. The Bertz CT molecular complexity index is 184. The molecule has 0 saturated carbocycles. The highest BCUT2D eigenvalue weighted by molar-refractivity contribution is 5.79. The van der Waals surface area contributed by atoms with Gasteiger partial charge in [0.25, 0.3) is 0 Å². The summed E-state index contributed by atoms with van der Waals surface area (Å²) in [5.74, 6) is 0.176. The fraction of sp³-hybridized carbons (Fsp3) is 0.889. The summed E-state index contributed by atoms with van der Waals surface area (Å²) < 4.78 is 0. The van der Waals surface area contributed by atoms with Crippen molar-refractivity contribution in [1.29, 1.82) is 0 Å². The van der Waals surface area contributed by atoms with Crippen molar-refractivity contribution in [2.24, 2.45) is 0 Å². The molecule has 1 aliphatic heterocycles. The first-order valence-electron chi connectivity index (χ1n) is 4.81. The largest absolute Gasteiger partial charge is 0.395 e. The van der Waals surface area contributed by atoms with Gasteiger partial charge in [-0.3, -0.25) is 9.69 Å². The van der Waals surface area contributed by atoms with Crippen molar-refractivity contribution in [1.82, 2.24) is 9.80 Å². The van der Waals surface area contributed by atoms with Crippen LogP contribution >= 0.6 is 0 Å². The highest BCUT2D eigenvalue weighted by Gasteiger charge is 2.27. The number of hydrogen-bond donors (Lipinski definition) is 1. The van der Waals surface area contributed by atoms with E-state index in [4.69, 9.17) is 5.11 Å². The molecule has 1 unspecified atom stereocenters. The van der Waals surface area contributed by atoms with Crippen LogP contribution in [0.3, 0.4) is 0 Å². The van der Waals surface area contributed by atoms with Crippen LogP contribution in [-0.4, -0.2) is 59.6 Å². The third-order valence-corrected chi connectivity index (χ3v) is 2.49. The Balaban J connectivity index is 2.51. The third-order valence-electron chi connectivity index (χ3n) is 2.49. The monoisotopic (exact) mass is 186 g/mol. The van der Waals surface area contributed by atoms with E-state index in [9.17, 15) is 4.79 Å². The molecule has 0 aromatic rings. The molecule has 4 nitrogen and oxygen atoms in total. The van der Waals surface area contributed by atoms with Gasteiger partial charge >= 0.3 is 0 Å². The zero-order valence-corrected chi connectivity index (χ0v) is 8.36. The second kappa shape index (κ2) is 4.58. The maximum atomic E-state index is 11.5. The summed E-state index contributed by atoms with van der Waals surface area (Å²) in [6, 6.07) is 0.276. The molecule has 0 aliphatic carbocycles. The summed E-state index contributed by atoms with van der Waals surface area (Å²) in [7, 11) is 0. The summed E-state index contributed by atoms with van der Waals surface area (Å²) in [6.45, 7) is 6.90. The van der Waals surface area contributed by atoms with Gasteiger partial charge in [-0.25, -0.2) is 0 Å². The van der Waals surface area contributed by atoms with Crippen LogP contribution in [0, 0.1) is 0 Å². The number of aliphatic hydroxyl groups is 1. The van der Waals surface area contributed by atoms with Gasteiger partial charge in [-0.15, -0.1) is 0 Å². The lowest BCUT2D eigenvalue weighted by Gasteiger charge is -2.38. The normalized spacial score (nSPS) is 25.3. The second-order valence-corrected chi connectivity index (χ2v) is 3.49. The van der Waals surface area contributed by atoms with Crippen LogP contribution < -0.4 is 0 Å². The Morgan fingerprint density at radius 1 is 1.62 bits per heavy atom. The maximum Gasteiger partial charge on any atom is 0.237 e. The van der Waals surface area contributed by atoms with Gasteiger partial charge < -0.3 is 10.0 Å². The fourth-order valence-electron chi connectivity index (χ4n) is 1.86. The average Bonchev–Trinajstić information content (AvgIpc) is 2.04. The highest BCUT2D eigenvalue weighted by atomic mass is 16.3. The number of hydrogen-bond acceptors (Lipinski definition) is 3. The first-order chi connectivity index (χ1) is 6.19. The van der Waals surface area contributed by atoms with Gasteiger partial charge in [0.2, 0.25) is 5.91 Å². The highest BCUT2D eigenvalue weighted by Crippen LogP contribution is 2.09. The lowest BCUT2D eigenvalue weighted by molar-refractivity contribution is -0.139. The van der Waals surface area contributed by atoms with Gasteiger partial charge in [0.15, 0.2) is 0 Å². The smallest absolute Gasteiger partial charge is 0.237 e. The number of amides is 1. The molecule has 1 rings (SSSR count). The van der Waals surface area contributed by atoms with Crippen molar-refractivity contribution < 1.29 is 9.90 Å². The predicted octanol–water partition coefficient (Wildman–Crippen LogP) is -0.469. The molecule has 1 aliphatic rings. The Morgan fingerprint density at radius 2 is 2.31 bits per heavy atom. The van der Waals surface area contributed by atoms with Gasteiger partial charge in [0.05, 0.1) is 13.2 Å². The van der Waals surface area contributed by atoms with E-state index in [0.29, 0.717) is 13.1 Å². The number of nitrogens with zero attached hydrogens (tertiary/aromatic N) is 2. The van der Waals surface area contributed by atoms with Crippen LogP contribution in [0.25, 0.3) is 0 Å². The number of carbonyl (C=O) groups excluding carboxylic acids is 1. The van der Waals surface area contributed by atoms with E-state index in [1.54, 1.807) is 0 Å². The van der Waals surface area contributed by atoms with Gasteiger partial charge in [-0.1, -0.05) is 0 Å². The number of carbonyl (C=O) groups is 1. The van der Waals surface area contributed by atoms with Crippen molar-refractivity contribution in [3.05, 3.63) is 0 Å². The Morgan fingerprint density at radius 3 is 2.77 bits per heavy atom. The van der Waals surface area contributed by atoms with E-state index in [1.165, 1.54) is 0 Å². The number of piperazine rings is 1. The van der Waals surface area contributed by atoms with E-state index >= 15 is 0 Å². The first kappa shape index (κ1) is 10.5. The lowest BCUT2D eigenvalue weighted by Crippen LogP contribution is -2.55. The van der Waals surface area contributed by atoms with Crippen molar-refractivity contribution in [2.75, 3.05) is 32.8 Å². The summed E-state index contributed by atoms with van der Waals surface area (Å²) in [5.41, 5.74) is 0. The molecule has 1 atom stereocenters. The minimum absolute atomic E-state index is 0.131. The number of β-amino-alcohol motifs (C(OH)–C–C–N with tert-alkyl or cyclic N) is 1. The SMILES string of the molecule is CCN1C(=O)CN(CCO)CC1C. The van der Waals surface area contributed by atoms with Crippen LogP contribution in [0.15, 0.2) is 0 Å². The molecule has 1 heterocycles. The van der Waals surface area contributed by atoms with Crippen LogP contribution in [-0.2, 0) is 4.79 Å². The van der Waals surface area contributed by atoms with E-state index in [1.807, 2.05) is 23.6 Å². The molecule has 13 heavy (non-hydrogen) atoms. The predicted molar refractivity (Wildman–Crippen MR) is 50.4 cm³/mol. The Hall–Kier alpha value is -0.610. The minimum atomic E-state index is 0.131. The molecule has 1 saturated heterocycles. The quantitative estimate of drug-likeness (QED) is 0.648. The molecule has 1 amide bonds. The molecule has 0 bridgehead atoms. The lowest BCUT2D eigenvalue weighted by atomic mass is 10.2. The minimum Gasteiger partial charge on any atom is -0.395 e. The van der Waals surface area contributed by atoms with Crippen molar-refractivity contribution in [3.63, 3.8) is 0 Å². The van der Waals surface area contributed by atoms with Crippen molar-refractivity contribution in [2.45, 2.75) is 19.9 Å². The van der Waals surface area contributed by atoms with Crippen molar-refractivity contribution in [3.8, 4) is 0 Å². The van der Waals surface area contributed by atoms with Gasteiger partial charge in [0, 0.05) is 25.7 Å². The number of likely N-dealkylation sites (N-methyl/N-ethyl adjacent to an activating group) is 1. The zero-order valence-electron chi connectivity index (χ0n) is 8.36. The molecular formula is C9H18N2O2. The van der Waals surface area contributed by atoms with Crippen LogP contribution in [0.4, 0.5) is 0 Å². The third kappa shape index (κ3) is 2.42. The van der Waals surface area contributed by atoms with E-state index in [0.717, 1.165) is 13.1 Å². The average molecular weight is 186 g/mol. The van der Waals surface area contributed by atoms with Crippen molar-refractivity contribution >= 4 is 5.91 Å². The summed E-state index contributed by atoms with van der Waals surface area (Å²) in [6.07, 6.45) is 0. The topological polar surface area (TPSA) is 43.8 Å². The summed E-state index contributed by atoms with van der Waals surface area (Å²) in [4.78, 5) is 15.4. The molecule has 1 N–H and O–H groups in total.